The highest BCUT2D eigenvalue weighted by Crippen LogP contribution is 2.19. The number of amides is 2. The lowest BCUT2D eigenvalue weighted by Crippen LogP contribution is -3.03. The average Bonchev–Trinajstić information content (AvgIpc) is 2.69. The molecule has 3 fully saturated rings. The number of benzene rings is 1. The van der Waals surface area contributed by atoms with E-state index in [1.54, 1.807) is 0 Å². The number of rotatable bonds is 3. The average molecular weight is 357 g/mol. The third kappa shape index (κ3) is 3.70. The van der Waals surface area contributed by atoms with Gasteiger partial charge in [-0.05, 0) is 25.0 Å². The van der Waals surface area contributed by atoms with Gasteiger partial charge in [0.2, 0.25) is 5.91 Å². The molecule has 0 spiro atoms. The Balaban J connectivity index is 1.29. The lowest BCUT2D eigenvalue weighted by molar-refractivity contribution is -0.718. The minimum atomic E-state index is -0.256. The number of nitrogens with one attached hydrogen (secondary N) is 1. The molecule has 1 aliphatic carbocycles. The van der Waals surface area contributed by atoms with Gasteiger partial charge in [0, 0.05) is 38.3 Å². The zero-order valence-corrected chi connectivity index (χ0v) is 15.3. The second-order valence-corrected chi connectivity index (χ2v) is 7.77. The zero-order chi connectivity index (χ0) is 17.9. The van der Waals surface area contributed by atoms with Crippen molar-refractivity contribution in [3.8, 4) is 0 Å². The largest absolute Gasteiger partial charge is 0.368 e. The number of fused-ring (bicyclic) bond motifs is 1. The third-order valence-electron chi connectivity index (χ3n) is 6.11. The molecule has 1 saturated carbocycles. The molecular formula is C20H29N4O2+. The molecule has 0 unspecified atom stereocenters. The Labute approximate surface area is 154 Å². The molecule has 6 heteroatoms. The fourth-order valence-corrected chi connectivity index (χ4v) is 4.58. The van der Waals surface area contributed by atoms with Gasteiger partial charge in [-0.15, -0.1) is 0 Å². The molecule has 0 bridgehead atoms. The molecule has 2 aliphatic heterocycles. The lowest BCUT2D eigenvalue weighted by atomic mass is 9.87. The first-order chi connectivity index (χ1) is 12.7. The van der Waals surface area contributed by atoms with E-state index in [0.717, 1.165) is 39.0 Å². The van der Waals surface area contributed by atoms with Crippen molar-refractivity contribution >= 4 is 17.5 Å². The Morgan fingerprint density at radius 2 is 1.81 bits per heavy atom. The first kappa shape index (κ1) is 17.3. The molecule has 2 amide bonds. The van der Waals surface area contributed by atoms with Crippen LogP contribution in [0.1, 0.15) is 32.1 Å². The van der Waals surface area contributed by atoms with E-state index in [0.29, 0.717) is 18.5 Å². The van der Waals surface area contributed by atoms with Gasteiger partial charge in [0.05, 0.1) is 12.5 Å². The van der Waals surface area contributed by atoms with E-state index in [-0.39, 0.29) is 17.9 Å². The highest BCUT2D eigenvalue weighted by molar-refractivity contribution is 5.87. The summed E-state index contributed by atoms with van der Waals surface area (Å²) in [5.74, 6) is 0.160. The third-order valence-corrected chi connectivity index (χ3v) is 6.11. The van der Waals surface area contributed by atoms with Gasteiger partial charge in [-0.2, -0.15) is 0 Å². The second-order valence-electron chi connectivity index (χ2n) is 7.77. The molecule has 2 heterocycles. The Bertz CT molecular complexity index is 642. The van der Waals surface area contributed by atoms with Gasteiger partial charge in [-0.1, -0.05) is 24.6 Å². The molecule has 1 aromatic carbocycles. The quantitative estimate of drug-likeness (QED) is 0.806. The Morgan fingerprint density at radius 3 is 2.58 bits per heavy atom. The monoisotopic (exact) mass is 357 g/mol. The number of piperazine rings is 2. The molecule has 26 heavy (non-hydrogen) atoms. The van der Waals surface area contributed by atoms with Crippen LogP contribution in [0.5, 0.6) is 0 Å². The molecule has 3 atom stereocenters. The van der Waals surface area contributed by atoms with Gasteiger partial charge < -0.3 is 20.4 Å². The van der Waals surface area contributed by atoms with Gasteiger partial charge in [-0.25, -0.2) is 0 Å². The van der Waals surface area contributed by atoms with Crippen LogP contribution in [-0.2, 0) is 9.59 Å². The fraction of sp³-hybridized carbons (Fsp3) is 0.600. The Morgan fingerprint density at radius 1 is 1.08 bits per heavy atom. The molecule has 2 saturated heterocycles. The summed E-state index contributed by atoms with van der Waals surface area (Å²) in [7, 11) is 0. The summed E-state index contributed by atoms with van der Waals surface area (Å²) in [6, 6.07) is 10.8. The van der Waals surface area contributed by atoms with Crippen LogP contribution in [0.2, 0.25) is 0 Å². The van der Waals surface area contributed by atoms with E-state index in [1.165, 1.54) is 18.5 Å². The predicted molar refractivity (Wildman–Crippen MR) is 99.8 cm³/mol. The highest BCUT2D eigenvalue weighted by Gasteiger charge is 2.41. The molecule has 6 nitrogen and oxygen atoms in total. The summed E-state index contributed by atoms with van der Waals surface area (Å²) >= 11 is 0. The predicted octanol–water partition coefficient (Wildman–Crippen LogP) is 0.0983. The summed E-state index contributed by atoms with van der Waals surface area (Å²) in [5, 5.41) is 5.32. The number of hydrogen-bond acceptors (Lipinski definition) is 3. The van der Waals surface area contributed by atoms with E-state index < -0.39 is 0 Å². The number of nitrogens with zero attached hydrogens (tertiary/aromatic N) is 2. The van der Waals surface area contributed by atoms with Crippen LogP contribution in [0, 0.1) is 0 Å². The minimum Gasteiger partial charge on any atom is -0.368 e. The van der Waals surface area contributed by atoms with Crippen LogP contribution < -0.4 is 15.5 Å². The lowest BCUT2D eigenvalue weighted by Gasteiger charge is -2.39. The van der Waals surface area contributed by atoms with Crippen LogP contribution in [0.3, 0.4) is 0 Å². The van der Waals surface area contributed by atoms with Crippen LogP contribution in [0.25, 0.3) is 0 Å². The van der Waals surface area contributed by atoms with Crippen molar-refractivity contribution in [1.82, 2.24) is 10.2 Å². The molecule has 0 radical (unpaired) electrons. The number of carbonyl (C=O) groups excluding carboxylic acids is 2. The van der Waals surface area contributed by atoms with Crippen molar-refractivity contribution in [3.05, 3.63) is 30.3 Å². The summed E-state index contributed by atoms with van der Waals surface area (Å²) < 4.78 is 0. The van der Waals surface area contributed by atoms with E-state index in [4.69, 9.17) is 0 Å². The summed E-state index contributed by atoms with van der Waals surface area (Å²) in [6.07, 6.45) is 4.97. The fourth-order valence-electron chi connectivity index (χ4n) is 4.58. The number of nitrogens with two attached hydrogens (primary N) is 1. The van der Waals surface area contributed by atoms with E-state index in [2.05, 4.69) is 27.7 Å². The van der Waals surface area contributed by atoms with Gasteiger partial charge in [-0.3, -0.25) is 9.59 Å². The Kier molecular flexibility index (Phi) is 5.11. The number of anilines is 1. The SMILES string of the molecule is O=C1N[C@H]2CCCC[C@H]2[NH2+][C@@H]1CC(=O)N1CCN(c2ccccc2)CC1. The Hall–Kier alpha value is -2.08. The van der Waals surface area contributed by atoms with Crippen molar-refractivity contribution in [2.45, 2.75) is 50.2 Å². The minimum absolute atomic E-state index is 0.0458. The second kappa shape index (κ2) is 7.66. The molecule has 1 aromatic rings. The van der Waals surface area contributed by atoms with Crippen LogP contribution in [0.15, 0.2) is 30.3 Å². The van der Waals surface area contributed by atoms with E-state index >= 15 is 0 Å². The molecule has 0 aromatic heterocycles. The molecule has 3 aliphatic rings. The maximum absolute atomic E-state index is 12.7. The summed E-state index contributed by atoms with van der Waals surface area (Å²) in [6.45, 7) is 3.16. The van der Waals surface area contributed by atoms with Gasteiger partial charge in [0.15, 0.2) is 6.04 Å². The first-order valence-corrected chi connectivity index (χ1v) is 9.94. The molecular weight excluding hydrogens is 328 g/mol. The number of para-hydroxylation sites is 1. The summed E-state index contributed by atoms with van der Waals surface area (Å²) in [4.78, 5) is 29.3. The summed E-state index contributed by atoms with van der Waals surface area (Å²) in [5.41, 5.74) is 1.21. The van der Waals surface area contributed by atoms with Crippen molar-refractivity contribution in [2.24, 2.45) is 0 Å². The smallest absolute Gasteiger partial charge is 0.279 e. The van der Waals surface area contributed by atoms with Crippen molar-refractivity contribution < 1.29 is 14.9 Å². The number of carbonyl (C=O) groups is 2. The van der Waals surface area contributed by atoms with Crippen molar-refractivity contribution in [2.75, 3.05) is 31.1 Å². The topological polar surface area (TPSA) is 69.3 Å². The normalized spacial score (nSPS) is 29.1. The van der Waals surface area contributed by atoms with Crippen LogP contribution in [0.4, 0.5) is 5.69 Å². The van der Waals surface area contributed by atoms with Gasteiger partial charge in [0.1, 0.15) is 6.04 Å². The van der Waals surface area contributed by atoms with E-state index in [9.17, 15) is 9.59 Å². The van der Waals surface area contributed by atoms with Crippen LogP contribution >= 0.6 is 0 Å². The van der Waals surface area contributed by atoms with Crippen LogP contribution in [-0.4, -0.2) is 61.0 Å². The molecule has 4 rings (SSSR count). The van der Waals surface area contributed by atoms with Gasteiger partial charge in [0.25, 0.3) is 5.91 Å². The van der Waals surface area contributed by atoms with Gasteiger partial charge >= 0.3 is 0 Å². The zero-order valence-electron chi connectivity index (χ0n) is 15.3. The molecule has 3 N–H and O–H groups in total. The maximum atomic E-state index is 12.7. The van der Waals surface area contributed by atoms with E-state index in [1.807, 2.05) is 23.1 Å². The number of quaternary nitrogens is 1. The first-order valence-electron chi connectivity index (χ1n) is 9.94. The van der Waals surface area contributed by atoms with Crippen molar-refractivity contribution in [1.29, 1.82) is 0 Å². The standard InChI is InChI=1S/C20H28N4O2/c25-19(14-18-20(26)22-17-9-5-4-8-16(17)21-18)24-12-10-23(11-13-24)15-6-2-1-3-7-15/h1-3,6-7,16-18,21H,4-5,8-14H2,(H,22,26)/p+1/t16-,17+,18-/m1/s1. The highest BCUT2D eigenvalue weighted by atomic mass is 16.2. The maximum Gasteiger partial charge on any atom is 0.279 e. The molecule has 140 valence electrons. The number of hydrogen-bond donors (Lipinski definition) is 2. The van der Waals surface area contributed by atoms with Crippen molar-refractivity contribution in [3.63, 3.8) is 0 Å².